The first-order chi connectivity index (χ1) is 15.8. The van der Waals surface area contributed by atoms with Crippen molar-refractivity contribution < 1.29 is 9.53 Å². The van der Waals surface area contributed by atoms with Crippen molar-refractivity contribution in [1.29, 1.82) is 0 Å². The molecule has 1 N–H and O–H groups in total. The molecule has 1 aliphatic carbocycles. The van der Waals surface area contributed by atoms with E-state index in [2.05, 4.69) is 30.3 Å². The number of carbonyl (C=O) groups is 1. The minimum absolute atomic E-state index is 0.106. The highest BCUT2D eigenvalue weighted by atomic mass is 32.2. The van der Waals surface area contributed by atoms with Gasteiger partial charge < -0.3 is 4.74 Å². The number of nitrogens with one attached hydrogen (secondary N) is 1. The molecule has 2 fully saturated rings. The van der Waals surface area contributed by atoms with E-state index in [1.807, 2.05) is 17.5 Å². The Morgan fingerprint density at radius 3 is 2.84 bits per heavy atom. The Morgan fingerprint density at radius 1 is 1.16 bits per heavy atom. The number of rotatable bonds is 8. The Labute approximate surface area is 199 Å². The van der Waals surface area contributed by atoms with Crippen molar-refractivity contribution in [2.24, 2.45) is 0 Å². The van der Waals surface area contributed by atoms with Crippen LogP contribution in [0.15, 0.2) is 22.7 Å². The van der Waals surface area contributed by atoms with Crippen molar-refractivity contribution in [1.82, 2.24) is 25.0 Å². The molecule has 3 aromatic heterocycles. The normalized spacial score (nSPS) is 19.4. The number of carbonyl (C=O) groups excluding carboxylic acids is 1. The molecule has 1 saturated carbocycles. The standard InChI is InChI=1S/C21H26N6O2S3/c28-17(22-20-25-24-19(32-20)14-6-2-1-3-7-14)13-31-21-26-23-18(16-9-5-11-30-16)27(21)12-15-8-4-10-29-15/h5,9,11,14-15H,1-4,6-8,10,12-13H2,(H,22,25,28). The maximum Gasteiger partial charge on any atom is 0.236 e. The van der Waals surface area contributed by atoms with Crippen LogP contribution < -0.4 is 5.32 Å². The number of hydrogen-bond acceptors (Lipinski definition) is 9. The Hall–Kier alpha value is -1.82. The molecule has 1 aliphatic heterocycles. The molecule has 3 aromatic rings. The summed E-state index contributed by atoms with van der Waals surface area (Å²) in [5.74, 6) is 1.46. The van der Waals surface area contributed by atoms with Gasteiger partial charge in [-0.3, -0.25) is 14.7 Å². The smallest absolute Gasteiger partial charge is 0.236 e. The SMILES string of the molecule is O=C(CSc1nnc(-c2cccs2)n1CC1CCCO1)Nc1nnc(C2CCCCC2)s1. The summed E-state index contributed by atoms with van der Waals surface area (Å²) in [6.07, 6.45) is 8.44. The minimum atomic E-state index is -0.106. The van der Waals surface area contributed by atoms with Crippen LogP contribution in [0.3, 0.4) is 0 Å². The molecule has 0 bridgehead atoms. The minimum Gasteiger partial charge on any atom is -0.376 e. The first kappa shape index (κ1) is 22.0. The third-order valence-corrected chi connectivity index (χ3v) is 8.68. The zero-order chi connectivity index (χ0) is 21.8. The van der Waals surface area contributed by atoms with Crippen LogP contribution in [0.2, 0.25) is 0 Å². The average Bonchev–Trinajstić information content (AvgIpc) is 3.61. The first-order valence-electron chi connectivity index (χ1n) is 11.1. The van der Waals surface area contributed by atoms with Gasteiger partial charge in [0, 0.05) is 12.5 Å². The second kappa shape index (κ2) is 10.4. The topological polar surface area (TPSA) is 94.8 Å². The van der Waals surface area contributed by atoms with Gasteiger partial charge in [0.2, 0.25) is 11.0 Å². The van der Waals surface area contributed by atoms with Crippen molar-refractivity contribution in [2.45, 2.75) is 68.7 Å². The molecule has 170 valence electrons. The fourth-order valence-electron chi connectivity index (χ4n) is 4.23. The second-order valence-electron chi connectivity index (χ2n) is 8.15. The summed E-state index contributed by atoms with van der Waals surface area (Å²) in [4.78, 5) is 13.7. The predicted molar refractivity (Wildman–Crippen MR) is 127 cm³/mol. The quantitative estimate of drug-likeness (QED) is 0.453. The highest BCUT2D eigenvalue weighted by molar-refractivity contribution is 7.99. The number of thiophene rings is 1. The van der Waals surface area contributed by atoms with Crippen LogP contribution in [0.4, 0.5) is 5.13 Å². The number of aromatic nitrogens is 5. The van der Waals surface area contributed by atoms with Gasteiger partial charge in [0.15, 0.2) is 11.0 Å². The molecule has 4 heterocycles. The Kier molecular flexibility index (Phi) is 7.16. The van der Waals surface area contributed by atoms with E-state index in [0.29, 0.717) is 17.6 Å². The molecule has 0 radical (unpaired) electrons. The van der Waals surface area contributed by atoms with Crippen LogP contribution in [-0.4, -0.2) is 49.3 Å². The molecule has 0 aromatic carbocycles. The molecule has 0 spiro atoms. The maximum absolute atomic E-state index is 12.6. The summed E-state index contributed by atoms with van der Waals surface area (Å²) >= 11 is 4.53. The molecule has 11 heteroatoms. The van der Waals surface area contributed by atoms with Crippen LogP contribution in [0.25, 0.3) is 10.7 Å². The molecule has 8 nitrogen and oxygen atoms in total. The summed E-state index contributed by atoms with van der Waals surface area (Å²) in [5, 5.41) is 24.6. The number of anilines is 1. The van der Waals surface area contributed by atoms with Gasteiger partial charge in [-0.1, -0.05) is 48.4 Å². The lowest BCUT2D eigenvalue weighted by Gasteiger charge is -2.18. The van der Waals surface area contributed by atoms with E-state index in [-0.39, 0.29) is 17.8 Å². The van der Waals surface area contributed by atoms with Crippen LogP contribution >= 0.6 is 34.4 Å². The van der Waals surface area contributed by atoms with E-state index < -0.39 is 0 Å². The lowest BCUT2D eigenvalue weighted by molar-refractivity contribution is -0.113. The van der Waals surface area contributed by atoms with Gasteiger partial charge in [0.05, 0.1) is 23.3 Å². The Bertz CT molecular complexity index is 1020. The monoisotopic (exact) mass is 490 g/mol. The van der Waals surface area contributed by atoms with Crippen molar-refractivity contribution in [2.75, 3.05) is 17.7 Å². The van der Waals surface area contributed by atoms with Crippen molar-refractivity contribution >= 4 is 45.5 Å². The highest BCUT2D eigenvalue weighted by Gasteiger charge is 2.23. The van der Waals surface area contributed by atoms with Gasteiger partial charge in [0.1, 0.15) is 5.01 Å². The molecule has 1 amide bonds. The zero-order valence-electron chi connectivity index (χ0n) is 17.7. The summed E-state index contributed by atoms with van der Waals surface area (Å²) in [6, 6.07) is 4.05. The number of thioether (sulfide) groups is 1. The summed E-state index contributed by atoms with van der Waals surface area (Å²) in [5.41, 5.74) is 0. The van der Waals surface area contributed by atoms with Crippen LogP contribution in [0.1, 0.15) is 55.9 Å². The van der Waals surface area contributed by atoms with Gasteiger partial charge in [-0.2, -0.15) is 0 Å². The van der Waals surface area contributed by atoms with Gasteiger partial charge in [-0.25, -0.2) is 0 Å². The summed E-state index contributed by atoms with van der Waals surface area (Å²) < 4.78 is 7.92. The van der Waals surface area contributed by atoms with Gasteiger partial charge >= 0.3 is 0 Å². The highest BCUT2D eigenvalue weighted by Crippen LogP contribution is 2.35. The van der Waals surface area contributed by atoms with Crippen LogP contribution in [-0.2, 0) is 16.1 Å². The van der Waals surface area contributed by atoms with Crippen LogP contribution in [0.5, 0.6) is 0 Å². The third-order valence-electron chi connectivity index (χ3n) is 5.84. The fraction of sp³-hybridized carbons (Fsp3) is 0.571. The zero-order valence-corrected chi connectivity index (χ0v) is 20.2. The summed E-state index contributed by atoms with van der Waals surface area (Å²) in [7, 11) is 0. The number of amides is 1. The predicted octanol–water partition coefficient (Wildman–Crippen LogP) is 4.82. The molecular weight excluding hydrogens is 464 g/mol. The van der Waals surface area contributed by atoms with Gasteiger partial charge in [0.25, 0.3) is 0 Å². The number of hydrogen-bond donors (Lipinski definition) is 1. The van der Waals surface area contributed by atoms with E-state index in [4.69, 9.17) is 4.74 Å². The number of ether oxygens (including phenoxy) is 1. The largest absolute Gasteiger partial charge is 0.376 e. The average molecular weight is 491 g/mol. The molecule has 1 unspecified atom stereocenters. The fourth-order valence-corrected chi connectivity index (χ4v) is 6.62. The Morgan fingerprint density at radius 2 is 2.06 bits per heavy atom. The Balaban J connectivity index is 1.22. The van der Waals surface area contributed by atoms with Crippen molar-refractivity contribution in [3.63, 3.8) is 0 Å². The molecule has 2 aliphatic rings. The van der Waals surface area contributed by atoms with E-state index in [1.165, 1.54) is 55.2 Å². The van der Waals surface area contributed by atoms with E-state index >= 15 is 0 Å². The van der Waals surface area contributed by atoms with Crippen molar-refractivity contribution in [3.05, 3.63) is 22.5 Å². The second-order valence-corrected chi connectivity index (χ2v) is 11.0. The molecule has 32 heavy (non-hydrogen) atoms. The first-order valence-corrected chi connectivity index (χ1v) is 13.8. The molecule has 1 atom stereocenters. The number of nitrogens with zero attached hydrogens (tertiary/aromatic N) is 5. The lowest BCUT2D eigenvalue weighted by atomic mass is 9.90. The van der Waals surface area contributed by atoms with E-state index in [1.54, 1.807) is 11.3 Å². The van der Waals surface area contributed by atoms with Gasteiger partial charge in [-0.05, 0) is 37.1 Å². The lowest BCUT2D eigenvalue weighted by Crippen LogP contribution is -2.18. The van der Waals surface area contributed by atoms with Gasteiger partial charge in [-0.15, -0.1) is 31.7 Å². The molecule has 5 rings (SSSR count). The third kappa shape index (κ3) is 5.22. The molecular formula is C21H26N6O2S3. The molecule has 1 saturated heterocycles. The van der Waals surface area contributed by atoms with Crippen molar-refractivity contribution in [3.8, 4) is 10.7 Å². The van der Waals surface area contributed by atoms with Crippen LogP contribution in [0, 0.1) is 0 Å². The maximum atomic E-state index is 12.6. The van der Waals surface area contributed by atoms with E-state index in [9.17, 15) is 4.79 Å². The van der Waals surface area contributed by atoms with E-state index in [0.717, 1.165) is 40.3 Å². The summed E-state index contributed by atoms with van der Waals surface area (Å²) in [6.45, 7) is 1.50.